The number of rotatable bonds is 4. The minimum atomic E-state index is -1.16. The Labute approximate surface area is 121 Å². The van der Waals surface area contributed by atoms with Crippen LogP contribution in [0.25, 0.3) is 0 Å². The van der Waals surface area contributed by atoms with E-state index in [1.54, 1.807) is 31.2 Å². The molecule has 0 amide bonds. The van der Waals surface area contributed by atoms with Crippen molar-refractivity contribution in [1.29, 1.82) is 0 Å². The molecule has 0 aliphatic rings. The molecule has 106 valence electrons. The predicted octanol–water partition coefficient (Wildman–Crippen LogP) is 3.94. The molecular formula is C15H14ClF2NO. The largest absolute Gasteiger partial charge is 0.394 e. The Morgan fingerprint density at radius 2 is 1.95 bits per heavy atom. The van der Waals surface area contributed by atoms with E-state index in [2.05, 4.69) is 5.32 Å². The van der Waals surface area contributed by atoms with Gasteiger partial charge in [0.25, 0.3) is 0 Å². The number of benzene rings is 2. The molecule has 0 aliphatic heterocycles. The van der Waals surface area contributed by atoms with Gasteiger partial charge < -0.3 is 10.4 Å². The number of halogens is 3. The Hall–Kier alpha value is -1.65. The highest BCUT2D eigenvalue weighted by Gasteiger charge is 2.29. The maximum Gasteiger partial charge on any atom is 0.129 e. The SMILES string of the molecule is CC(CO)(Nc1cccc(Cl)c1)c1cc(F)ccc1F. The average molecular weight is 298 g/mol. The summed E-state index contributed by atoms with van der Waals surface area (Å²) in [6, 6.07) is 9.96. The molecule has 0 aromatic heterocycles. The molecule has 2 rings (SSSR count). The van der Waals surface area contributed by atoms with Gasteiger partial charge in [-0.15, -0.1) is 0 Å². The van der Waals surface area contributed by atoms with Crippen molar-refractivity contribution in [1.82, 2.24) is 0 Å². The molecule has 0 fully saturated rings. The van der Waals surface area contributed by atoms with Crippen LogP contribution in [0.15, 0.2) is 42.5 Å². The van der Waals surface area contributed by atoms with Gasteiger partial charge >= 0.3 is 0 Å². The summed E-state index contributed by atoms with van der Waals surface area (Å²) in [4.78, 5) is 0. The van der Waals surface area contributed by atoms with Crippen LogP contribution in [0.3, 0.4) is 0 Å². The van der Waals surface area contributed by atoms with Crippen LogP contribution in [-0.2, 0) is 5.54 Å². The second-order valence-electron chi connectivity index (χ2n) is 4.75. The van der Waals surface area contributed by atoms with E-state index < -0.39 is 23.8 Å². The third-order valence-corrected chi connectivity index (χ3v) is 3.32. The highest BCUT2D eigenvalue weighted by atomic mass is 35.5. The third kappa shape index (κ3) is 3.08. The Morgan fingerprint density at radius 3 is 2.60 bits per heavy atom. The van der Waals surface area contributed by atoms with Crippen molar-refractivity contribution in [2.24, 2.45) is 0 Å². The van der Waals surface area contributed by atoms with Crippen LogP contribution in [0.2, 0.25) is 5.02 Å². The molecule has 0 saturated carbocycles. The Bertz CT molecular complexity index is 621. The zero-order valence-electron chi connectivity index (χ0n) is 10.8. The maximum absolute atomic E-state index is 13.9. The monoisotopic (exact) mass is 297 g/mol. The number of aliphatic hydroxyl groups excluding tert-OH is 1. The van der Waals surface area contributed by atoms with Gasteiger partial charge in [0.2, 0.25) is 0 Å². The Balaban J connectivity index is 2.40. The van der Waals surface area contributed by atoms with E-state index in [9.17, 15) is 13.9 Å². The highest BCUT2D eigenvalue weighted by molar-refractivity contribution is 6.30. The molecule has 1 atom stereocenters. The van der Waals surface area contributed by atoms with Crippen molar-refractivity contribution >= 4 is 17.3 Å². The number of anilines is 1. The van der Waals surface area contributed by atoms with E-state index >= 15 is 0 Å². The lowest BCUT2D eigenvalue weighted by molar-refractivity contribution is 0.220. The lowest BCUT2D eigenvalue weighted by Crippen LogP contribution is -2.37. The fraction of sp³-hybridized carbons (Fsp3) is 0.200. The first-order valence-corrected chi connectivity index (χ1v) is 6.42. The summed E-state index contributed by atoms with van der Waals surface area (Å²) in [7, 11) is 0. The summed E-state index contributed by atoms with van der Waals surface area (Å²) in [5, 5.41) is 13.1. The lowest BCUT2D eigenvalue weighted by Gasteiger charge is -2.31. The molecule has 2 aromatic carbocycles. The van der Waals surface area contributed by atoms with Crippen LogP contribution in [0, 0.1) is 11.6 Å². The van der Waals surface area contributed by atoms with Crippen LogP contribution < -0.4 is 5.32 Å². The Kier molecular flexibility index (Phi) is 4.26. The van der Waals surface area contributed by atoms with Crippen molar-refractivity contribution in [3.05, 3.63) is 64.7 Å². The molecule has 0 spiro atoms. The van der Waals surface area contributed by atoms with E-state index in [0.717, 1.165) is 18.2 Å². The van der Waals surface area contributed by atoms with E-state index in [1.807, 2.05) is 0 Å². The average Bonchev–Trinajstić information content (AvgIpc) is 2.41. The fourth-order valence-corrected chi connectivity index (χ4v) is 2.19. The third-order valence-electron chi connectivity index (χ3n) is 3.08. The maximum atomic E-state index is 13.9. The van der Waals surface area contributed by atoms with Crippen LogP contribution in [0.5, 0.6) is 0 Å². The van der Waals surface area contributed by atoms with Gasteiger partial charge in [-0.2, -0.15) is 0 Å². The van der Waals surface area contributed by atoms with Gasteiger partial charge in [0.15, 0.2) is 0 Å². The standard InChI is InChI=1S/C15H14ClF2NO/c1-15(9-20,13-8-11(17)5-6-14(13)18)19-12-4-2-3-10(16)7-12/h2-8,19-20H,9H2,1H3. The summed E-state index contributed by atoms with van der Waals surface area (Å²) < 4.78 is 27.2. The molecule has 0 saturated heterocycles. The van der Waals surface area contributed by atoms with Crippen LogP contribution in [-0.4, -0.2) is 11.7 Å². The summed E-state index contributed by atoms with van der Waals surface area (Å²) in [5.74, 6) is -1.15. The quantitative estimate of drug-likeness (QED) is 0.896. The van der Waals surface area contributed by atoms with Crippen molar-refractivity contribution in [3.8, 4) is 0 Å². The molecule has 20 heavy (non-hydrogen) atoms. The first-order valence-electron chi connectivity index (χ1n) is 6.05. The topological polar surface area (TPSA) is 32.3 Å². The van der Waals surface area contributed by atoms with Gasteiger partial charge in [0.1, 0.15) is 11.6 Å². The molecule has 1 unspecified atom stereocenters. The number of aliphatic hydroxyl groups is 1. The second-order valence-corrected chi connectivity index (χ2v) is 5.19. The Morgan fingerprint density at radius 1 is 1.20 bits per heavy atom. The number of hydrogen-bond acceptors (Lipinski definition) is 2. The van der Waals surface area contributed by atoms with Crippen LogP contribution in [0.1, 0.15) is 12.5 Å². The lowest BCUT2D eigenvalue weighted by atomic mass is 9.91. The van der Waals surface area contributed by atoms with Crippen LogP contribution in [0.4, 0.5) is 14.5 Å². The van der Waals surface area contributed by atoms with Crippen LogP contribution >= 0.6 is 11.6 Å². The minimum Gasteiger partial charge on any atom is -0.394 e. The first kappa shape index (κ1) is 14.8. The van der Waals surface area contributed by atoms with Gasteiger partial charge in [-0.05, 0) is 43.3 Å². The zero-order chi connectivity index (χ0) is 14.8. The number of nitrogens with one attached hydrogen (secondary N) is 1. The predicted molar refractivity (Wildman–Crippen MR) is 75.9 cm³/mol. The minimum absolute atomic E-state index is 0.0555. The normalized spacial score (nSPS) is 13.8. The molecule has 2 aromatic rings. The van der Waals surface area contributed by atoms with Crippen molar-refractivity contribution in [3.63, 3.8) is 0 Å². The van der Waals surface area contributed by atoms with Gasteiger partial charge in [0, 0.05) is 16.3 Å². The zero-order valence-corrected chi connectivity index (χ0v) is 11.6. The van der Waals surface area contributed by atoms with Gasteiger partial charge in [0.05, 0.1) is 12.1 Å². The fourth-order valence-electron chi connectivity index (χ4n) is 2.00. The molecule has 2 N–H and O–H groups in total. The van der Waals surface area contributed by atoms with Gasteiger partial charge in [-0.1, -0.05) is 17.7 Å². The smallest absolute Gasteiger partial charge is 0.129 e. The molecule has 0 aliphatic carbocycles. The summed E-state index contributed by atoms with van der Waals surface area (Å²) in [6.45, 7) is 1.19. The molecule has 0 bridgehead atoms. The van der Waals surface area contributed by atoms with E-state index in [1.165, 1.54) is 0 Å². The molecular weight excluding hydrogens is 284 g/mol. The van der Waals surface area contributed by atoms with Crippen molar-refractivity contribution < 1.29 is 13.9 Å². The molecule has 0 heterocycles. The van der Waals surface area contributed by atoms with Crippen molar-refractivity contribution in [2.45, 2.75) is 12.5 Å². The summed E-state index contributed by atoms with van der Waals surface area (Å²) in [5.41, 5.74) is -0.491. The highest BCUT2D eigenvalue weighted by Crippen LogP contribution is 2.29. The molecule has 0 radical (unpaired) electrons. The van der Waals surface area contributed by atoms with E-state index in [-0.39, 0.29) is 5.56 Å². The molecule has 2 nitrogen and oxygen atoms in total. The van der Waals surface area contributed by atoms with E-state index in [0.29, 0.717) is 10.7 Å². The summed E-state index contributed by atoms with van der Waals surface area (Å²) in [6.07, 6.45) is 0. The first-order chi connectivity index (χ1) is 9.44. The second kappa shape index (κ2) is 5.77. The van der Waals surface area contributed by atoms with Gasteiger partial charge in [-0.3, -0.25) is 0 Å². The summed E-state index contributed by atoms with van der Waals surface area (Å²) >= 11 is 5.88. The van der Waals surface area contributed by atoms with E-state index in [4.69, 9.17) is 11.6 Å². The van der Waals surface area contributed by atoms with Crippen molar-refractivity contribution in [2.75, 3.05) is 11.9 Å². The number of hydrogen-bond donors (Lipinski definition) is 2. The molecule has 5 heteroatoms. The van der Waals surface area contributed by atoms with Gasteiger partial charge in [-0.25, -0.2) is 8.78 Å².